The zero-order chi connectivity index (χ0) is 12.6. The molecule has 0 N–H and O–H groups in total. The van der Waals surface area contributed by atoms with Crippen LogP contribution < -0.4 is 0 Å². The molecule has 0 amide bonds. The minimum absolute atomic E-state index is 0.529. The predicted octanol–water partition coefficient (Wildman–Crippen LogP) is 4.64. The molecule has 0 aliphatic carbocycles. The monoisotopic (exact) mass is 240 g/mol. The Bertz CT molecular complexity index is 176. The summed E-state index contributed by atoms with van der Waals surface area (Å²) >= 11 is 0. The maximum atomic E-state index is 9.87. The van der Waals surface area contributed by atoms with E-state index in [0.29, 0.717) is 13.1 Å². The Morgan fingerprint density at radius 3 is 2.00 bits per heavy atom. The van der Waals surface area contributed by atoms with Crippen LogP contribution in [0.2, 0.25) is 0 Å². The Morgan fingerprint density at radius 2 is 1.41 bits per heavy atom. The molecule has 0 radical (unpaired) electrons. The van der Waals surface area contributed by atoms with Crippen molar-refractivity contribution in [2.75, 3.05) is 6.61 Å². The van der Waals surface area contributed by atoms with E-state index in [1.807, 2.05) is 0 Å². The van der Waals surface area contributed by atoms with Crippen molar-refractivity contribution in [1.82, 2.24) is 0 Å². The number of ether oxygens (including phenoxy) is 1. The third kappa shape index (κ3) is 15.2. The van der Waals surface area contributed by atoms with Gasteiger partial charge < -0.3 is 4.74 Å². The standard InChI is InChI=1S/C15H28O2/c1-2-3-4-5-6-7-8-9-10-11-12-13-14-17-15-16/h7-8,15H,2-6,9-14H2,1H3/b8-7-. The molecule has 0 aliphatic heterocycles. The fraction of sp³-hybridized carbons (Fsp3) is 0.800. The van der Waals surface area contributed by atoms with E-state index in [-0.39, 0.29) is 0 Å². The average Bonchev–Trinajstić information content (AvgIpc) is 2.35. The number of allylic oxidation sites excluding steroid dienone is 2. The van der Waals surface area contributed by atoms with Crippen molar-refractivity contribution in [2.45, 2.75) is 71.1 Å². The van der Waals surface area contributed by atoms with Crippen molar-refractivity contribution in [3.8, 4) is 0 Å². The molecule has 0 unspecified atom stereocenters. The Balaban J connectivity index is 3.01. The number of unbranched alkanes of at least 4 members (excludes halogenated alkanes) is 8. The first-order valence-electron chi connectivity index (χ1n) is 7.12. The molecule has 0 aliphatic rings. The van der Waals surface area contributed by atoms with Crippen molar-refractivity contribution in [1.29, 1.82) is 0 Å². The second-order valence-electron chi connectivity index (χ2n) is 4.49. The van der Waals surface area contributed by atoms with Crippen LogP contribution in [-0.4, -0.2) is 13.1 Å². The van der Waals surface area contributed by atoms with E-state index in [4.69, 9.17) is 0 Å². The minimum Gasteiger partial charge on any atom is -0.468 e. The molecular formula is C15H28O2. The van der Waals surface area contributed by atoms with Crippen molar-refractivity contribution in [3.63, 3.8) is 0 Å². The molecule has 0 spiro atoms. The van der Waals surface area contributed by atoms with E-state index in [1.54, 1.807) is 0 Å². The second-order valence-corrected chi connectivity index (χ2v) is 4.49. The Labute approximate surface area is 106 Å². The Hall–Kier alpha value is -0.790. The molecule has 0 saturated carbocycles. The smallest absolute Gasteiger partial charge is 0.293 e. The van der Waals surface area contributed by atoms with E-state index in [9.17, 15) is 4.79 Å². The first-order chi connectivity index (χ1) is 8.41. The van der Waals surface area contributed by atoms with Gasteiger partial charge in [-0.15, -0.1) is 0 Å². The largest absolute Gasteiger partial charge is 0.468 e. The van der Waals surface area contributed by atoms with Gasteiger partial charge in [-0.05, 0) is 32.1 Å². The van der Waals surface area contributed by atoms with Crippen LogP contribution in [0.5, 0.6) is 0 Å². The topological polar surface area (TPSA) is 26.3 Å². The lowest BCUT2D eigenvalue weighted by molar-refractivity contribution is -0.128. The van der Waals surface area contributed by atoms with Gasteiger partial charge in [-0.2, -0.15) is 0 Å². The van der Waals surface area contributed by atoms with Crippen LogP contribution in [0.1, 0.15) is 71.1 Å². The number of hydrogen-bond donors (Lipinski definition) is 0. The summed E-state index contributed by atoms with van der Waals surface area (Å²) in [5, 5.41) is 0. The van der Waals surface area contributed by atoms with E-state index in [0.717, 1.165) is 12.8 Å². The van der Waals surface area contributed by atoms with Gasteiger partial charge in [0.05, 0.1) is 6.61 Å². The predicted molar refractivity (Wildman–Crippen MR) is 73.0 cm³/mol. The van der Waals surface area contributed by atoms with E-state index in [2.05, 4.69) is 23.8 Å². The summed E-state index contributed by atoms with van der Waals surface area (Å²) in [6.45, 7) is 3.36. The molecular weight excluding hydrogens is 212 g/mol. The molecule has 0 aromatic heterocycles. The average molecular weight is 240 g/mol. The van der Waals surface area contributed by atoms with Crippen LogP contribution in [0.25, 0.3) is 0 Å². The van der Waals surface area contributed by atoms with Crippen LogP contribution >= 0.6 is 0 Å². The fourth-order valence-corrected chi connectivity index (χ4v) is 1.77. The van der Waals surface area contributed by atoms with Crippen molar-refractivity contribution >= 4 is 6.47 Å². The van der Waals surface area contributed by atoms with Gasteiger partial charge in [-0.1, -0.05) is 51.2 Å². The van der Waals surface area contributed by atoms with Gasteiger partial charge in [0.15, 0.2) is 0 Å². The maximum Gasteiger partial charge on any atom is 0.293 e. The third-order valence-electron chi connectivity index (χ3n) is 2.84. The highest BCUT2D eigenvalue weighted by molar-refractivity contribution is 5.36. The number of carbonyl (C=O) groups is 1. The quantitative estimate of drug-likeness (QED) is 0.266. The first-order valence-corrected chi connectivity index (χ1v) is 7.12. The van der Waals surface area contributed by atoms with E-state index in [1.165, 1.54) is 51.4 Å². The molecule has 2 heteroatoms. The zero-order valence-corrected chi connectivity index (χ0v) is 11.3. The Kier molecular flexibility index (Phi) is 14.5. The molecule has 0 heterocycles. The van der Waals surface area contributed by atoms with Crippen molar-refractivity contribution in [2.24, 2.45) is 0 Å². The highest BCUT2D eigenvalue weighted by Gasteiger charge is 1.89. The molecule has 2 nitrogen and oxygen atoms in total. The SMILES string of the molecule is CCCCCC/C=C\CCCCCCOC=O. The molecule has 100 valence electrons. The summed E-state index contributed by atoms with van der Waals surface area (Å²) in [4.78, 5) is 9.87. The van der Waals surface area contributed by atoms with Crippen molar-refractivity contribution < 1.29 is 9.53 Å². The van der Waals surface area contributed by atoms with Crippen LogP contribution in [0.4, 0.5) is 0 Å². The highest BCUT2D eigenvalue weighted by Crippen LogP contribution is 2.06. The fourth-order valence-electron chi connectivity index (χ4n) is 1.77. The normalized spacial score (nSPS) is 10.9. The molecule has 0 bridgehead atoms. The van der Waals surface area contributed by atoms with Gasteiger partial charge in [-0.25, -0.2) is 0 Å². The zero-order valence-electron chi connectivity index (χ0n) is 11.3. The summed E-state index contributed by atoms with van der Waals surface area (Å²) in [6, 6.07) is 0. The summed E-state index contributed by atoms with van der Waals surface area (Å²) in [5.74, 6) is 0. The van der Waals surface area contributed by atoms with Crippen LogP contribution in [0.15, 0.2) is 12.2 Å². The van der Waals surface area contributed by atoms with Crippen molar-refractivity contribution in [3.05, 3.63) is 12.2 Å². The molecule has 0 fully saturated rings. The van der Waals surface area contributed by atoms with Gasteiger partial charge in [0.25, 0.3) is 6.47 Å². The summed E-state index contributed by atoms with van der Waals surface area (Å²) in [6.07, 6.45) is 17.1. The first kappa shape index (κ1) is 16.2. The summed E-state index contributed by atoms with van der Waals surface area (Å²) in [7, 11) is 0. The molecule has 0 aromatic carbocycles. The molecule has 17 heavy (non-hydrogen) atoms. The van der Waals surface area contributed by atoms with Gasteiger partial charge in [0.2, 0.25) is 0 Å². The van der Waals surface area contributed by atoms with Gasteiger partial charge in [0, 0.05) is 0 Å². The maximum absolute atomic E-state index is 9.87. The van der Waals surface area contributed by atoms with E-state index < -0.39 is 0 Å². The molecule has 0 atom stereocenters. The van der Waals surface area contributed by atoms with Gasteiger partial charge >= 0.3 is 0 Å². The van der Waals surface area contributed by atoms with Crippen LogP contribution in [0.3, 0.4) is 0 Å². The second kappa shape index (κ2) is 15.2. The molecule has 0 rings (SSSR count). The summed E-state index contributed by atoms with van der Waals surface area (Å²) in [5.41, 5.74) is 0. The Morgan fingerprint density at radius 1 is 0.824 bits per heavy atom. The lowest BCUT2D eigenvalue weighted by Crippen LogP contribution is -1.90. The van der Waals surface area contributed by atoms with Crippen LogP contribution in [0, 0.1) is 0 Å². The number of hydrogen-bond acceptors (Lipinski definition) is 2. The number of carbonyl (C=O) groups excluding carboxylic acids is 1. The lowest BCUT2D eigenvalue weighted by atomic mass is 10.1. The molecule has 0 saturated heterocycles. The third-order valence-corrected chi connectivity index (χ3v) is 2.84. The number of rotatable bonds is 13. The highest BCUT2D eigenvalue weighted by atomic mass is 16.5. The van der Waals surface area contributed by atoms with E-state index >= 15 is 0 Å². The summed E-state index contributed by atoms with van der Waals surface area (Å²) < 4.78 is 4.63. The van der Waals surface area contributed by atoms with Gasteiger partial charge in [-0.3, -0.25) is 4.79 Å². The lowest BCUT2D eigenvalue weighted by Gasteiger charge is -1.98. The molecule has 0 aromatic rings. The minimum atomic E-state index is 0.529. The van der Waals surface area contributed by atoms with Gasteiger partial charge in [0.1, 0.15) is 0 Å². The van der Waals surface area contributed by atoms with Crippen LogP contribution in [-0.2, 0) is 9.53 Å².